The van der Waals surface area contributed by atoms with Gasteiger partial charge in [0.05, 0.1) is 16.5 Å². The van der Waals surface area contributed by atoms with Crippen LogP contribution < -0.4 is 11.1 Å². The van der Waals surface area contributed by atoms with Gasteiger partial charge in [0.2, 0.25) is 11.9 Å². The summed E-state index contributed by atoms with van der Waals surface area (Å²) in [6.07, 6.45) is 4.91. The highest BCUT2D eigenvalue weighted by atomic mass is 32.2. The number of nitrogens with zero attached hydrogens (tertiary/aromatic N) is 3. The van der Waals surface area contributed by atoms with Crippen LogP contribution in [0.4, 0.5) is 11.6 Å². The van der Waals surface area contributed by atoms with E-state index < -0.39 is 16.7 Å². The molecule has 0 spiro atoms. The van der Waals surface area contributed by atoms with Crippen LogP contribution in [0.25, 0.3) is 11.3 Å². The normalized spacial score (nSPS) is 11.6. The van der Waals surface area contributed by atoms with Crippen LogP contribution in [0, 0.1) is 0 Å². The second-order valence-electron chi connectivity index (χ2n) is 6.31. The van der Waals surface area contributed by atoms with Crippen LogP contribution in [0.3, 0.4) is 0 Å². The maximum atomic E-state index is 12.6. The van der Waals surface area contributed by atoms with E-state index in [9.17, 15) is 9.00 Å². The summed E-state index contributed by atoms with van der Waals surface area (Å²) in [5.74, 6) is -0.0585. The summed E-state index contributed by atoms with van der Waals surface area (Å²) < 4.78 is 12.6. The number of amides is 1. The van der Waals surface area contributed by atoms with Gasteiger partial charge in [0.25, 0.3) is 0 Å². The third-order valence-electron chi connectivity index (χ3n) is 4.31. The summed E-state index contributed by atoms with van der Waals surface area (Å²) >= 11 is 0. The lowest BCUT2D eigenvalue weighted by Gasteiger charge is -2.08. The number of aromatic nitrogens is 3. The van der Waals surface area contributed by atoms with Gasteiger partial charge in [-0.25, -0.2) is 14.2 Å². The molecule has 0 aliphatic rings. The molecular weight excluding hydrogens is 398 g/mol. The van der Waals surface area contributed by atoms with Crippen molar-refractivity contribution >= 4 is 28.3 Å². The number of carbonyl (C=O) groups excluding carboxylic acids is 1. The summed E-state index contributed by atoms with van der Waals surface area (Å²) in [6.45, 7) is 0. The first-order valence-electron chi connectivity index (χ1n) is 9.02. The van der Waals surface area contributed by atoms with Gasteiger partial charge in [0.1, 0.15) is 0 Å². The minimum atomic E-state index is -1.27. The van der Waals surface area contributed by atoms with Crippen LogP contribution >= 0.6 is 0 Å². The number of carbonyl (C=O) groups is 1. The number of nitrogens with one attached hydrogen (secondary N) is 1. The van der Waals surface area contributed by atoms with Gasteiger partial charge in [-0.1, -0.05) is 12.1 Å². The van der Waals surface area contributed by atoms with Crippen molar-refractivity contribution in [1.82, 2.24) is 15.0 Å². The first-order chi connectivity index (χ1) is 14.6. The average molecular weight is 415 g/mol. The van der Waals surface area contributed by atoms with Gasteiger partial charge in [-0.3, -0.25) is 9.78 Å². The molecule has 7 nitrogen and oxygen atoms in total. The second-order valence-corrected chi connectivity index (χ2v) is 7.79. The molecule has 1 atom stereocenters. The summed E-state index contributed by atoms with van der Waals surface area (Å²) in [5.41, 5.74) is 8.02. The molecule has 4 rings (SSSR count). The average Bonchev–Trinajstić information content (AvgIpc) is 2.80. The molecule has 0 fully saturated rings. The van der Waals surface area contributed by atoms with E-state index in [1.165, 1.54) is 0 Å². The molecule has 3 N–H and O–H groups in total. The first kappa shape index (κ1) is 19.4. The van der Waals surface area contributed by atoms with Gasteiger partial charge in [0.15, 0.2) is 0 Å². The molecule has 0 saturated carbocycles. The van der Waals surface area contributed by atoms with Crippen molar-refractivity contribution in [3.63, 3.8) is 0 Å². The molecular formula is C22H17N5O2S. The second kappa shape index (κ2) is 8.62. The Balaban J connectivity index is 1.52. The zero-order chi connectivity index (χ0) is 20.9. The molecule has 2 aromatic carbocycles. The van der Waals surface area contributed by atoms with E-state index in [2.05, 4.69) is 20.3 Å². The molecule has 30 heavy (non-hydrogen) atoms. The number of benzene rings is 2. The monoisotopic (exact) mass is 415 g/mol. The summed E-state index contributed by atoms with van der Waals surface area (Å²) in [4.78, 5) is 25.3. The Morgan fingerprint density at radius 1 is 0.833 bits per heavy atom. The Labute approximate surface area is 175 Å². The number of pyridine rings is 1. The molecule has 1 amide bonds. The number of hydrogen-bond donors (Lipinski definition) is 2. The van der Waals surface area contributed by atoms with Crippen LogP contribution in [0.2, 0.25) is 0 Å². The topological polar surface area (TPSA) is 111 Å². The van der Waals surface area contributed by atoms with Crippen molar-refractivity contribution in [2.45, 2.75) is 9.79 Å². The van der Waals surface area contributed by atoms with Crippen LogP contribution in [0.1, 0.15) is 10.4 Å². The number of rotatable bonds is 6. The quantitative estimate of drug-likeness (QED) is 0.498. The predicted molar refractivity (Wildman–Crippen MR) is 115 cm³/mol. The highest BCUT2D eigenvalue weighted by Gasteiger charge is 2.09. The van der Waals surface area contributed by atoms with E-state index in [4.69, 9.17) is 5.73 Å². The van der Waals surface area contributed by atoms with Crippen molar-refractivity contribution < 1.29 is 9.00 Å². The van der Waals surface area contributed by atoms with Crippen molar-refractivity contribution in [3.8, 4) is 11.3 Å². The van der Waals surface area contributed by atoms with Crippen LogP contribution in [0.15, 0.2) is 95.1 Å². The molecule has 8 heteroatoms. The van der Waals surface area contributed by atoms with Crippen molar-refractivity contribution in [3.05, 3.63) is 90.9 Å². The van der Waals surface area contributed by atoms with Gasteiger partial charge in [-0.05, 0) is 54.6 Å². The first-order valence-corrected chi connectivity index (χ1v) is 10.2. The fraction of sp³-hybridized carbons (Fsp3) is 0. The standard InChI is InChI=1S/C22H17N5O2S/c23-21(28)16-1-5-17(6-2-16)26-22-25-14-11-20(27-22)15-3-7-18(8-4-15)30(29)19-9-12-24-13-10-19/h1-14H,(H2,23,28)(H,25,26,27). The number of anilines is 2. The maximum absolute atomic E-state index is 12.6. The Bertz CT molecular complexity index is 1200. The summed E-state index contributed by atoms with van der Waals surface area (Å²) in [6, 6.07) is 19.4. The molecule has 0 saturated heterocycles. The minimum Gasteiger partial charge on any atom is -0.366 e. The Morgan fingerprint density at radius 2 is 1.50 bits per heavy atom. The molecule has 4 aromatic rings. The predicted octanol–water partition coefficient (Wildman–Crippen LogP) is 3.55. The fourth-order valence-corrected chi connectivity index (χ4v) is 3.80. The molecule has 148 valence electrons. The highest BCUT2D eigenvalue weighted by Crippen LogP contribution is 2.23. The molecule has 0 aliphatic carbocycles. The number of nitrogens with two attached hydrogens (primary N) is 1. The minimum absolute atomic E-state index is 0.420. The van der Waals surface area contributed by atoms with Crippen molar-refractivity contribution in [2.75, 3.05) is 5.32 Å². The van der Waals surface area contributed by atoms with E-state index in [0.717, 1.165) is 16.9 Å². The highest BCUT2D eigenvalue weighted by molar-refractivity contribution is 7.85. The zero-order valence-electron chi connectivity index (χ0n) is 15.7. The van der Waals surface area contributed by atoms with Gasteiger partial charge in [0, 0.05) is 45.2 Å². The molecule has 1 unspecified atom stereocenters. The smallest absolute Gasteiger partial charge is 0.248 e. The molecule has 2 heterocycles. The van der Waals surface area contributed by atoms with E-state index >= 15 is 0 Å². The van der Waals surface area contributed by atoms with Gasteiger partial charge in [-0.2, -0.15) is 0 Å². The van der Waals surface area contributed by atoms with E-state index in [0.29, 0.717) is 21.3 Å². The van der Waals surface area contributed by atoms with Gasteiger partial charge < -0.3 is 11.1 Å². The van der Waals surface area contributed by atoms with E-state index in [1.54, 1.807) is 61.1 Å². The number of hydrogen-bond acceptors (Lipinski definition) is 6. The fourth-order valence-electron chi connectivity index (χ4n) is 2.77. The van der Waals surface area contributed by atoms with Gasteiger partial charge in [-0.15, -0.1) is 0 Å². The van der Waals surface area contributed by atoms with E-state index in [-0.39, 0.29) is 0 Å². The van der Waals surface area contributed by atoms with Crippen LogP contribution in [-0.2, 0) is 10.8 Å². The largest absolute Gasteiger partial charge is 0.366 e. The Morgan fingerprint density at radius 3 is 2.17 bits per heavy atom. The molecule has 0 bridgehead atoms. The molecule has 0 radical (unpaired) electrons. The summed E-state index contributed by atoms with van der Waals surface area (Å²) in [7, 11) is -1.27. The molecule has 2 aromatic heterocycles. The Hall–Kier alpha value is -3.91. The number of primary amides is 1. The zero-order valence-corrected chi connectivity index (χ0v) is 16.5. The third-order valence-corrected chi connectivity index (χ3v) is 5.71. The maximum Gasteiger partial charge on any atom is 0.248 e. The van der Waals surface area contributed by atoms with Crippen molar-refractivity contribution in [2.24, 2.45) is 5.73 Å². The van der Waals surface area contributed by atoms with E-state index in [1.807, 2.05) is 24.3 Å². The third kappa shape index (κ3) is 4.39. The van der Waals surface area contributed by atoms with Gasteiger partial charge >= 0.3 is 0 Å². The lowest BCUT2D eigenvalue weighted by molar-refractivity contribution is 0.100. The lowest BCUT2D eigenvalue weighted by Crippen LogP contribution is -2.10. The van der Waals surface area contributed by atoms with Crippen LogP contribution in [-0.4, -0.2) is 25.1 Å². The lowest BCUT2D eigenvalue weighted by atomic mass is 10.1. The Kier molecular flexibility index (Phi) is 5.58. The van der Waals surface area contributed by atoms with Crippen LogP contribution in [0.5, 0.6) is 0 Å². The summed E-state index contributed by atoms with van der Waals surface area (Å²) in [5, 5.41) is 3.10. The molecule has 0 aliphatic heterocycles. The SMILES string of the molecule is NC(=O)c1ccc(Nc2nccc(-c3ccc(S(=O)c4ccncc4)cc3)n2)cc1. The van der Waals surface area contributed by atoms with Crippen molar-refractivity contribution in [1.29, 1.82) is 0 Å².